The van der Waals surface area contributed by atoms with E-state index >= 15 is 0 Å². The molecule has 0 saturated heterocycles. The minimum absolute atomic E-state index is 0.0300. The van der Waals surface area contributed by atoms with E-state index in [1.165, 1.54) is 20.0 Å². The van der Waals surface area contributed by atoms with Gasteiger partial charge in [-0.05, 0) is 30.5 Å². The average molecular weight is 223 g/mol. The van der Waals surface area contributed by atoms with E-state index in [4.69, 9.17) is 4.74 Å². The van der Waals surface area contributed by atoms with E-state index in [2.05, 4.69) is 5.32 Å². The molecule has 4 nitrogen and oxygen atoms in total. The summed E-state index contributed by atoms with van der Waals surface area (Å²) in [4.78, 5) is 0. The number of aromatic hydroxyl groups is 1. The van der Waals surface area contributed by atoms with Crippen molar-refractivity contribution < 1.29 is 14.9 Å². The zero-order chi connectivity index (χ0) is 11.5. The van der Waals surface area contributed by atoms with E-state index < -0.39 is 0 Å². The number of phenols is 1. The molecular formula is C12H17NO3. The highest BCUT2D eigenvalue weighted by molar-refractivity contribution is 5.42. The Morgan fingerprint density at radius 1 is 1.50 bits per heavy atom. The van der Waals surface area contributed by atoms with Crippen LogP contribution in [0.15, 0.2) is 18.2 Å². The van der Waals surface area contributed by atoms with Crippen LogP contribution >= 0.6 is 0 Å². The van der Waals surface area contributed by atoms with Crippen molar-refractivity contribution in [3.05, 3.63) is 23.8 Å². The SMILES string of the molecule is COc1ccc(C(CO)NC2CC2)cc1O. The van der Waals surface area contributed by atoms with Gasteiger partial charge in [0.25, 0.3) is 0 Å². The van der Waals surface area contributed by atoms with Crippen molar-refractivity contribution >= 4 is 0 Å². The van der Waals surface area contributed by atoms with Crippen molar-refractivity contribution in [2.24, 2.45) is 0 Å². The largest absolute Gasteiger partial charge is 0.504 e. The Labute approximate surface area is 94.9 Å². The summed E-state index contributed by atoms with van der Waals surface area (Å²) in [5.74, 6) is 0.558. The molecule has 0 radical (unpaired) electrons. The number of nitrogens with one attached hydrogen (secondary N) is 1. The second-order valence-corrected chi connectivity index (χ2v) is 4.11. The Kier molecular flexibility index (Phi) is 3.31. The first kappa shape index (κ1) is 11.2. The topological polar surface area (TPSA) is 61.7 Å². The Morgan fingerprint density at radius 2 is 2.25 bits per heavy atom. The molecule has 0 aromatic heterocycles. The molecule has 1 fully saturated rings. The molecule has 1 aromatic carbocycles. The van der Waals surface area contributed by atoms with Gasteiger partial charge in [-0.2, -0.15) is 0 Å². The van der Waals surface area contributed by atoms with Crippen molar-refractivity contribution in [2.45, 2.75) is 24.9 Å². The number of benzene rings is 1. The fourth-order valence-electron chi connectivity index (χ4n) is 1.71. The van der Waals surface area contributed by atoms with Gasteiger partial charge in [-0.1, -0.05) is 6.07 Å². The summed E-state index contributed by atoms with van der Waals surface area (Å²) in [5.41, 5.74) is 0.882. The highest BCUT2D eigenvalue weighted by Gasteiger charge is 2.25. The van der Waals surface area contributed by atoms with E-state index in [9.17, 15) is 10.2 Å². The zero-order valence-corrected chi connectivity index (χ0v) is 9.31. The van der Waals surface area contributed by atoms with Gasteiger partial charge in [0.05, 0.1) is 19.8 Å². The Balaban J connectivity index is 2.13. The number of hydrogen-bond donors (Lipinski definition) is 3. The Hall–Kier alpha value is -1.26. The first-order chi connectivity index (χ1) is 7.74. The van der Waals surface area contributed by atoms with Crippen molar-refractivity contribution in [1.29, 1.82) is 0 Å². The molecule has 16 heavy (non-hydrogen) atoms. The molecule has 3 N–H and O–H groups in total. The van der Waals surface area contributed by atoms with Crippen molar-refractivity contribution in [1.82, 2.24) is 5.32 Å². The van der Waals surface area contributed by atoms with Crippen LogP contribution in [0.1, 0.15) is 24.4 Å². The predicted molar refractivity (Wildman–Crippen MR) is 60.6 cm³/mol. The number of hydrogen-bond acceptors (Lipinski definition) is 4. The van der Waals surface area contributed by atoms with Gasteiger partial charge in [0.1, 0.15) is 0 Å². The van der Waals surface area contributed by atoms with Crippen LogP contribution in [0.2, 0.25) is 0 Å². The second-order valence-electron chi connectivity index (χ2n) is 4.11. The molecule has 0 aliphatic heterocycles. The summed E-state index contributed by atoms with van der Waals surface area (Å²) in [6, 6.07) is 5.61. The molecule has 2 rings (SSSR count). The Morgan fingerprint density at radius 3 is 2.75 bits per heavy atom. The van der Waals surface area contributed by atoms with Crippen LogP contribution in [0.5, 0.6) is 11.5 Å². The summed E-state index contributed by atoms with van der Waals surface area (Å²) >= 11 is 0. The molecule has 1 saturated carbocycles. The fourth-order valence-corrected chi connectivity index (χ4v) is 1.71. The quantitative estimate of drug-likeness (QED) is 0.701. The van der Waals surface area contributed by atoms with Crippen molar-refractivity contribution in [3.63, 3.8) is 0 Å². The maximum atomic E-state index is 9.65. The van der Waals surface area contributed by atoms with Gasteiger partial charge in [-0.15, -0.1) is 0 Å². The van der Waals surface area contributed by atoms with Crippen LogP contribution in [0.25, 0.3) is 0 Å². The number of rotatable bonds is 5. The zero-order valence-electron chi connectivity index (χ0n) is 9.31. The summed E-state index contributed by atoms with van der Waals surface area (Å²) in [5, 5.41) is 22.3. The monoisotopic (exact) mass is 223 g/mol. The van der Waals surface area contributed by atoms with E-state index in [1.54, 1.807) is 12.1 Å². The molecule has 1 unspecified atom stereocenters. The molecule has 4 heteroatoms. The lowest BCUT2D eigenvalue weighted by molar-refractivity contribution is 0.243. The maximum Gasteiger partial charge on any atom is 0.160 e. The molecule has 1 aliphatic carbocycles. The van der Waals surface area contributed by atoms with Crippen molar-refractivity contribution in [3.8, 4) is 11.5 Å². The lowest BCUT2D eigenvalue weighted by Crippen LogP contribution is -2.26. The third kappa shape index (κ3) is 2.46. The maximum absolute atomic E-state index is 9.65. The molecule has 0 heterocycles. The number of aliphatic hydroxyl groups excluding tert-OH is 1. The lowest BCUT2D eigenvalue weighted by atomic mass is 10.1. The first-order valence-corrected chi connectivity index (χ1v) is 5.48. The molecule has 0 bridgehead atoms. The van der Waals surface area contributed by atoms with E-state index in [1.807, 2.05) is 6.07 Å². The number of aliphatic hydroxyl groups is 1. The van der Waals surface area contributed by atoms with Gasteiger partial charge >= 0.3 is 0 Å². The number of phenolic OH excluding ortho intramolecular Hbond substituents is 1. The highest BCUT2D eigenvalue weighted by Crippen LogP contribution is 2.30. The van der Waals surface area contributed by atoms with Gasteiger partial charge in [0, 0.05) is 6.04 Å². The molecule has 1 atom stereocenters. The van der Waals surface area contributed by atoms with Gasteiger partial charge < -0.3 is 20.3 Å². The normalized spacial score (nSPS) is 17.1. The van der Waals surface area contributed by atoms with Gasteiger partial charge in [0.15, 0.2) is 11.5 Å². The highest BCUT2D eigenvalue weighted by atomic mass is 16.5. The van der Waals surface area contributed by atoms with E-state index in [0.29, 0.717) is 11.8 Å². The minimum atomic E-state index is -0.107. The number of methoxy groups -OCH3 is 1. The minimum Gasteiger partial charge on any atom is -0.504 e. The molecule has 88 valence electrons. The molecule has 0 spiro atoms. The van der Waals surface area contributed by atoms with Crippen LogP contribution in [-0.4, -0.2) is 30.0 Å². The van der Waals surface area contributed by atoms with Crippen LogP contribution < -0.4 is 10.1 Å². The standard InChI is InChI=1S/C12H17NO3/c1-16-12-5-2-8(6-11(12)15)10(7-14)13-9-3-4-9/h2,5-6,9-10,13-15H,3-4,7H2,1H3. The summed E-state index contributed by atoms with van der Waals surface area (Å²) in [6.07, 6.45) is 2.33. The summed E-state index contributed by atoms with van der Waals surface area (Å²) in [6.45, 7) is 0.0300. The smallest absolute Gasteiger partial charge is 0.160 e. The fraction of sp³-hybridized carbons (Fsp3) is 0.500. The van der Waals surface area contributed by atoms with Gasteiger partial charge in [-0.3, -0.25) is 0 Å². The van der Waals surface area contributed by atoms with Gasteiger partial charge in [0.2, 0.25) is 0 Å². The summed E-state index contributed by atoms with van der Waals surface area (Å²) < 4.78 is 4.97. The molecular weight excluding hydrogens is 206 g/mol. The van der Waals surface area contributed by atoms with Gasteiger partial charge in [-0.25, -0.2) is 0 Å². The van der Waals surface area contributed by atoms with Crippen molar-refractivity contribution in [2.75, 3.05) is 13.7 Å². The second kappa shape index (κ2) is 4.72. The third-order valence-corrected chi connectivity index (χ3v) is 2.80. The third-order valence-electron chi connectivity index (χ3n) is 2.80. The predicted octanol–water partition coefficient (Wildman–Crippen LogP) is 1.19. The molecule has 1 aliphatic rings. The van der Waals surface area contributed by atoms with E-state index in [0.717, 1.165) is 5.56 Å². The number of ether oxygens (including phenoxy) is 1. The average Bonchev–Trinajstić information content (AvgIpc) is 3.09. The molecule has 1 aromatic rings. The van der Waals surface area contributed by atoms with Crippen LogP contribution in [0.3, 0.4) is 0 Å². The lowest BCUT2D eigenvalue weighted by Gasteiger charge is -2.17. The Bertz CT molecular complexity index is 363. The summed E-state index contributed by atoms with van der Waals surface area (Å²) in [7, 11) is 1.51. The first-order valence-electron chi connectivity index (χ1n) is 5.48. The van der Waals surface area contributed by atoms with E-state index in [-0.39, 0.29) is 18.4 Å². The van der Waals surface area contributed by atoms with Crippen LogP contribution in [-0.2, 0) is 0 Å². The van der Waals surface area contributed by atoms with Crippen LogP contribution in [0, 0.1) is 0 Å². The van der Waals surface area contributed by atoms with Crippen LogP contribution in [0.4, 0.5) is 0 Å². The molecule has 0 amide bonds.